The zero-order valence-corrected chi connectivity index (χ0v) is 18.7. The van der Waals surface area contributed by atoms with Gasteiger partial charge < -0.3 is 10.6 Å². The number of nitrogens with one attached hydrogen (secondary N) is 2. The molecule has 28 heavy (non-hydrogen) atoms. The van der Waals surface area contributed by atoms with E-state index in [-0.39, 0.29) is 30.0 Å². The lowest BCUT2D eigenvalue weighted by molar-refractivity contribution is -0.128. The molecule has 2 N–H and O–H groups in total. The van der Waals surface area contributed by atoms with Gasteiger partial charge in [0.15, 0.2) is 0 Å². The summed E-state index contributed by atoms with van der Waals surface area (Å²) in [7, 11) is -3.23. The van der Waals surface area contributed by atoms with E-state index in [1.165, 1.54) is 4.31 Å². The molecule has 7 nitrogen and oxygen atoms in total. The number of aryl methyl sites for hydroxylation is 1. The van der Waals surface area contributed by atoms with Crippen molar-refractivity contribution in [3.8, 4) is 0 Å². The summed E-state index contributed by atoms with van der Waals surface area (Å²) in [5.74, 6) is -0.599. The Morgan fingerprint density at radius 3 is 2.54 bits per heavy atom. The standard InChI is InChI=1S/C19H28BrN3O4S/c1-3-4-11-28(26,27)23-9-7-15(8-10-23)19(25)21-13-18(24)22-16-5-6-17(20)14(2)12-16/h5-6,12,15H,3-4,7-11,13H2,1-2H3,(H,21,25)(H,22,24). The predicted octanol–water partition coefficient (Wildman–Crippen LogP) is 2.65. The van der Waals surface area contributed by atoms with Crippen molar-refractivity contribution in [1.29, 1.82) is 0 Å². The Morgan fingerprint density at radius 1 is 1.25 bits per heavy atom. The molecule has 0 radical (unpaired) electrons. The van der Waals surface area contributed by atoms with Gasteiger partial charge in [-0.1, -0.05) is 29.3 Å². The molecule has 0 bridgehead atoms. The minimum atomic E-state index is -3.23. The first-order valence-electron chi connectivity index (χ1n) is 9.54. The molecule has 1 aliphatic rings. The molecule has 0 aliphatic carbocycles. The number of rotatable bonds is 8. The SMILES string of the molecule is CCCCS(=O)(=O)N1CCC(C(=O)NCC(=O)Nc2ccc(Br)c(C)c2)CC1. The largest absolute Gasteiger partial charge is 0.347 e. The molecular weight excluding hydrogens is 446 g/mol. The molecule has 1 aliphatic heterocycles. The van der Waals surface area contributed by atoms with Gasteiger partial charge in [0.2, 0.25) is 21.8 Å². The van der Waals surface area contributed by atoms with Crippen LogP contribution in [0.4, 0.5) is 5.69 Å². The number of hydrogen-bond donors (Lipinski definition) is 2. The molecule has 1 heterocycles. The number of piperidine rings is 1. The van der Waals surface area contributed by atoms with E-state index in [0.29, 0.717) is 38.0 Å². The number of carbonyl (C=O) groups excluding carboxylic acids is 2. The fourth-order valence-electron chi connectivity index (χ4n) is 3.09. The zero-order valence-electron chi connectivity index (χ0n) is 16.3. The number of sulfonamides is 1. The van der Waals surface area contributed by atoms with Crippen molar-refractivity contribution in [3.63, 3.8) is 0 Å². The van der Waals surface area contributed by atoms with Crippen molar-refractivity contribution < 1.29 is 18.0 Å². The summed E-state index contributed by atoms with van der Waals surface area (Å²) in [6, 6.07) is 5.48. The molecule has 2 rings (SSSR count). The molecule has 1 aromatic carbocycles. The van der Waals surface area contributed by atoms with Crippen LogP contribution in [0, 0.1) is 12.8 Å². The summed E-state index contributed by atoms with van der Waals surface area (Å²) in [5, 5.41) is 5.41. The van der Waals surface area contributed by atoms with E-state index >= 15 is 0 Å². The highest BCUT2D eigenvalue weighted by Crippen LogP contribution is 2.21. The maximum absolute atomic E-state index is 12.3. The van der Waals surface area contributed by atoms with Crippen molar-refractivity contribution in [3.05, 3.63) is 28.2 Å². The second-order valence-corrected chi connectivity index (χ2v) is 10.0. The third kappa shape index (κ3) is 6.56. The molecule has 0 unspecified atom stereocenters. The smallest absolute Gasteiger partial charge is 0.243 e. The van der Waals surface area contributed by atoms with Crippen molar-refractivity contribution in [2.24, 2.45) is 5.92 Å². The quantitative estimate of drug-likeness (QED) is 0.606. The van der Waals surface area contributed by atoms with Gasteiger partial charge in [0.1, 0.15) is 0 Å². The molecule has 0 saturated carbocycles. The number of hydrogen-bond acceptors (Lipinski definition) is 4. The molecule has 0 aromatic heterocycles. The number of unbranched alkanes of at least 4 members (excludes halogenated alkanes) is 1. The Labute approximate surface area is 175 Å². The second kappa shape index (κ2) is 10.4. The van der Waals surface area contributed by atoms with Crippen molar-refractivity contribution in [1.82, 2.24) is 9.62 Å². The van der Waals surface area contributed by atoms with Crippen LogP contribution < -0.4 is 10.6 Å². The third-order valence-electron chi connectivity index (χ3n) is 4.84. The van der Waals surface area contributed by atoms with Gasteiger partial charge in [0, 0.05) is 29.2 Å². The first-order valence-corrected chi connectivity index (χ1v) is 11.9. The van der Waals surface area contributed by atoms with Crippen LogP contribution in [0.15, 0.2) is 22.7 Å². The Morgan fingerprint density at radius 2 is 1.93 bits per heavy atom. The number of carbonyl (C=O) groups is 2. The van der Waals surface area contributed by atoms with Crippen molar-refractivity contribution in [2.45, 2.75) is 39.5 Å². The van der Waals surface area contributed by atoms with Gasteiger partial charge in [-0.25, -0.2) is 12.7 Å². The van der Waals surface area contributed by atoms with Crippen LogP contribution in [0.25, 0.3) is 0 Å². The van der Waals surface area contributed by atoms with Crippen LogP contribution in [0.3, 0.4) is 0 Å². The van der Waals surface area contributed by atoms with Gasteiger partial charge >= 0.3 is 0 Å². The second-order valence-electron chi connectivity index (χ2n) is 7.07. The van der Waals surface area contributed by atoms with E-state index in [1.54, 1.807) is 6.07 Å². The molecule has 1 fully saturated rings. The van der Waals surface area contributed by atoms with Crippen LogP contribution >= 0.6 is 15.9 Å². The van der Waals surface area contributed by atoms with Gasteiger partial charge in [0.25, 0.3) is 0 Å². The molecule has 2 amide bonds. The lowest BCUT2D eigenvalue weighted by Gasteiger charge is -2.30. The first kappa shape index (κ1) is 22.8. The minimum absolute atomic E-state index is 0.108. The molecule has 1 aromatic rings. The van der Waals surface area contributed by atoms with Crippen molar-refractivity contribution >= 4 is 43.5 Å². The first-order chi connectivity index (χ1) is 13.2. The minimum Gasteiger partial charge on any atom is -0.347 e. The fraction of sp³-hybridized carbons (Fsp3) is 0.579. The molecule has 1 saturated heterocycles. The maximum Gasteiger partial charge on any atom is 0.243 e. The normalized spacial score (nSPS) is 16.0. The summed E-state index contributed by atoms with van der Waals surface area (Å²) in [4.78, 5) is 24.4. The van der Waals surface area contributed by atoms with E-state index in [1.807, 2.05) is 26.0 Å². The van der Waals surface area contributed by atoms with E-state index in [9.17, 15) is 18.0 Å². The monoisotopic (exact) mass is 473 g/mol. The van der Waals surface area contributed by atoms with Crippen LogP contribution in [-0.4, -0.2) is 49.9 Å². The van der Waals surface area contributed by atoms with E-state index in [4.69, 9.17) is 0 Å². The van der Waals surface area contributed by atoms with Gasteiger partial charge in [-0.05, 0) is 49.9 Å². The van der Waals surface area contributed by atoms with Crippen LogP contribution in [-0.2, 0) is 19.6 Å². The average Bonchev–Trinajstić information content (AvgIpc) is 2.67. The number of nitrogens with zero attached hydrogens (tertiary/aromatic N) is 1. The van der Waals surface area contributed by atoms with Gasteiger partial charge in [-0.15, -0.1) is 0 Å². The Hall–Kier alpha value is -1.45. The third-order valence-corrected chi connectivity index (χ3v) is 7.69. The predicted molar refractivity (Wildman–Crippen MR) is 114 cm³/mol. The highest BCUT2D eigenvalue weighted by molar-refractivity contribution is 9.10. The highest BCUT2D eigenvalue weighted by Gasteiger charge is 2.30. The topological polar surface area (TPSA) is 95.6 Å². The summed E-state index contributed by atoms with van der Waals surface area (Å²) >= 11 is 3.41. The van der Waals surface area contributed by atoms with E-state index in [2.05, 4.69) is 26.6 Å². The lowest BCUT2D eigenvalue weighted by atomic mass is 9.97. The van der Waals surface area contributed by atoms with Gasteiger partial charge in [0.05, 0.1) is 12.3 Å². The summed E-state index contributed by atoms with van der Waals surface area (Å²) in [5.41, 5.74) is 1.67. The molecular formula is C19H28BrN3O4S. The molecule has 156 valence electrons. The Balaban J connectivity index is 1.76. The van der Waals surface area contributed by atoms with Gasteiger partial charge in [-0.3, -0.25) is 9.59 Å². The summed E-state index contributed by atoms with van der Waals surface area (Å²) in [6.45, 7) is 4.49. The number of anilines is 1. The Bertz CT molecular complexity index is 805. The van der Waals surface area contributed by atoms with Crippen LogP contribution in [0.1, 0.15) is 38.2 Å². The van der Waals surface area contributed by atoms with Gasteiger partial charge in [-0.2, -0.15) is 0 Å². The number of amides is 2. The zero-order chi connectivity index (χ0) is 20.7. The van der Waals surface area contributed by atoms with E-state index in [0.717, 1.165) is 16.5 Å². The van der Waals surface area contributed by atoms with Crippen LogP contribution in [0.2, 0.25) is 0 Å². The molecule has 0 spiro atoms. The van der Waals surface area contributed by atoms with Crippen LogP contribution in [0.5, 0.6) is 0 Å². The molecule has 9 heteroatoms. The maximum atomic E-state index is 12.3. The highest BCUT2D eigenvalue weighted by atomic mass is 79.9. The average molecular weight is 474 g/mol. The summed E-state index contributed by atoms with van der Waals surface area (Å²) in [6.07, 6.45) is 2.44. The van der Waals surface area contributed by atoms with Crippen molar-refractivity contribution in [2.75, 3.05) is 30.7 Å². The lowest BCUT2D eigenvalue weighted by Crippen LogP contribution is -2.44. The fourth-order valence-corrected chi connectivity index (χ4v) is 5.02. The molecule has 0 atom stereocenters. The number of halogens is 1. The van der Waals surface area contributed by atoms with E-state index < -0.39 is 10.0 Å². The summed E-state index contributed by atoms with van der Waals surface area (Å²) < 4.78 is 26.9. The Kier molecular flexibility index (Phi) is 8.45. The number of benzene rings is 1.